The van der Waals surface area contributed by atoms with E-state index in [2.05, 4.69) is 5.32 Å². The van der Waals surface area contributed by atoms with E-state index in [1.165, 1.54) is 0 Å². The fraction of sp³-hybridized carbons (Fsp3) is 0.833. The molecule has 2 unspecified atom stereocenters. The Bertz CT molecular complexity index is 256. The van der Waals surface area contributed by atoms with E-state index in [9.17, 15) is 9.59 Å². The van der Waals surface area contributed by atoms with Crippen molar-refractivity contribution in [2.75, 3.05) is 0 Å². The van der Waals surface area contributed by atoms with Crippen LogP contribution in [0.15, 0.2) is 0 Å². The first-order chi connectivity index (χ1) is 7.93. The Balaban J connectivity index is 4.34. The minimum absolute atomic E-state index is 0.0515. The van der Waals surface area contributed by atoms with E-state index in [1.807, 2.05) is 20.8 Å². The van der Waals surface area contributed by atoms with Crippen molar-refractivity contribution in [3.8, 4) is 0 Å². The summed E-state index contributed by atoms with van der Waals surface area (Å²) in [4.78, 5) is 22.7. The Kier molecular flexibility index (Phi) is 7.54. The van der Waals surface area contributed by atoms with Crippen LogP contribution in [0.1, 0.15) is 46.5 Å². The van der Waals surface area contributed by atoms with Gasteiger partial charge in [-0.3, -0.25) is 4.79 Å². The third-order valence-corrected chi connectivity index (χ3v) is 3.02. The molecule has 0 aliphatic heterocycles. The Hall–Kier alpha value is -1.10. The van der Waals surface area contributed by atoms with Gasteiger partial charge in [0.15, 0.2) is 0 Å². The Morgan fingerprint density at radius 3 is 2.35 bits per heavy atom. The van der Waals surface area contributed by atoms with Crippen LogP contribution in [-0.4, -0.2) is 29.1 Å². The van der Waals surface area contributed by atoms with E-state index in [-0.39, 0.29) is 11.8 Å². The van der Waals surface area contributed by atoms with Crippen LogP contribution < -0.4 is 11.1 Å². The van der Waals surface area contributed by atoms with Crippen molar-refractivity contribution in [3.05, 3.63) is 0 Å². The molecule has 0 bridgehead atoms. The van der Waals surface area contributed by atoms with Gasteiger partial charge in [0.05, 0.1) is 6.04 Å². The summed E-state index contributed by atoms with van der Waals surface area (Å²) in [5.74, 6) is -1.32. The van der Waals surface area contributed by atoms with Crippen molar-refractivity contribution >= 4 is 11.9 Å². The minimum atomic E-state index is -0.997. The average Bonchev–Trinajstić information content (AvgIpc) is 2.31. The number of nitrogens with one attached hydrogen (secondary N) is 1. The molecule has 0 aromatic carbocycles. The summed E-state index contributed by atoms with van der Waals surface area (Å²) in [6.45, 7) is 5.81. The summed E-state index contributed by atoms with van der Waals surface area (Å²) in [6.07, 6.45) is 2.92. The summed E-state index contributed by atoms with van der Waals surface area (Å²) >= 11 is 0. The van der Waals surface area contributed by atoms with Gasteiger partial charge in [-0.25, -0.2) is 4.79 Å². The third kappa shape index (κ3) is 5.68. The molecular weight excluding hydrogens is 220 g/mol. The lowest BCUT2D eigenvalue weighted by Crippen LogP contribution is -2.50. The summed E-state index contributed by atoms with van der Waals surface area (Å²) < 4.78 is 0. The molecular formula is C12H24N2O3. The Labute approximate surface area is 103 Å². The predicted octanol–water partition coefficient (Wildman–Crippen LogP) is 1.12. The van der Waals surface area contributed by atoms with Gasteiger partial charge in [0.1, 0.15) is 6.04 Å². The quantitative estimate of drug-likeness (QED) is 0.596. The van der Waals surface area contributed by atoms with Gasteiger partial charge >= 0.3 is 5.97 Å². The van der Waals surface area contributed by atoms with Gasteiger partial charge in [0.25, 0.3) is 0 Å². The number of hydrogen-bond acceptors (Lipinski definition) is 3. The van der Waals surface area contributed by atoms with E-state index in [0.717, 1.165) is 19.3 Å². The molecule has 0 saturated carbocycles. The first-order valence-corrected chi connectivity index (χ1v) is 6.22. The molecule has 0 fully saturated rings. The molecule has 1 amide bonds. The first-order valence-electron chi connectivity index (χ1n) is 6.22. The molecule has 0 aliphatic rings. The Morgan fingerprint density at radius 2 is 1.94 bits per heavy atom. The summed E-state index contributed by atoms with van der Waals surface area (Å²) in [5.41, 5.74) is 5.74. The van der Waals surface area contributed by atoms with Crippen LogP contribution in [0.3, 0.4) is 0 Å². The lowest BCUT2D eigenvalue weighted by molar-refractivity contribution is -0.142. The largest absolute Gasteiger partial charge is 0.480 e. The van der Waals surface area contributed by atoms with Crippen molar-refractivity contribution < 1.29 is 14.7 Å². The number of unbranched alkanes of at least 4 members (excludes halogenated alkanes) is 1. The second kappa shape index (κ2) is 8.06. The number of carboxylic acid groups (broad SMARTS) is 1. The zero-order valence-corrected chi connectivity index (χ0v) is 10.9. The number of hydrogen-bond donors (Lipinski definition) is 3. The maximum absolute atomic E-state index is 11.7. The third-order valence-electron chi connectivity index (χ3n) is 3.02. The monoisotopic (exact) mass is 244 g/mol. The van der Waals surface area contributed by atoms with Crippen molar-refractivity contribution in [1.82, 2.24) is 5.32 Å². The lowest BCUT2D eigenvalue weighted by Gasteiger charge is -2.21. The van der Waals surface area contributed by atoms with Crippen LogP contribution in [0, 0.1) is 5.92 Å². The normalized spacial score (nSPS) is 16.0. The molecule has 17 heavy (non-hydrogen) atoms. The molecule has 0 aliphatic carbocycles. The molecule has 0 radical (unpaired) electrons. The highest BCUT2D eigenvalue weighted by Crippen LogP contribution is 2.07. The smallest absolute Gasteiger partial charge is 0.326 e. The molecule has 4 N–H and O–H groups in total. The lowest BCUT2D eigenvalue weighted by atomic mass is 9.99. The molecule has 0 saturated heterocycles. The van der Waals surface area contributed by atoms with Crippen LogP contribution in [-0.2, 0) is 9.59 Å². The fourth-order valence-corrected chi connectivity index (χ4v) is 1.45. The van der Waals surface area contributed by atoms with Crippen LogP contribution in [0.4, 0.5) is 0 Å². The average molecular weight is 244 g/mol. The van der Waals surface area contributed by atoms with Crippen molar-refractivity contribution in [2.45, 2.75) is 58.5 Å². The molecule has 0 aromatic rings. The molecule has 0 aromatic heterocycles. The number of aliphatic carboxylic acids is 1. The summed E-state index contributed by atoms with van der Waals surface area (Å²) in [6, 6.07) is -1.46. The summed E-state index contributed by atoms with van der Waals surface area (Å²) in [7, 11) is 0. The maximum Gasteiger partial charge on any atom is 0.326 e. The van der Waals surface area contributed by atoms with Crippen LogP contribution in [0.2, 0.25) is 0 Å². The van der Waals surface area contributed by atoms with Gasteiger partial charge in [0, 0.05) is 0 Å². The standard InChI is InChI=1S/C12H24N2O3/c1-4-6-7-9(12(16)17)14-11(15)10(13)8(3)5-2/h8-10H,4-7,13H2,1-3H3,(H,14,15)(H,16,17)/t8?,9?,10-/m0/s1. The number of carbonyl (C=O) groups is 2. The van der Waals surface area contributed by atoms with Crippen LogP contribution >= 0.6 is 0 Å². The number of nitrogens with two attached hydrogens (primary N) is 1. The number of rotatable bonds is 8. The second-order valence-electron chi connectivity index (χ2n) is 4.45. The molecule has 5 nitrogen and oxygen atoms in total. The van der Waals surface area contributed by atoms with Gasteiger partial charge in [-0.05, 0) is 12.3 Å². The number of carboxylic acids is 1. The van der Waals surface area contributed by atoms with Crippen molar-refractivity contribution in [2.24, 2.45) is 11.7 Å². The van der Waals surface area contributed by atoms with Gasteiger partial charge in [0.2, 0.25) is 5.91 Å². The molecule has 0 spiro atoms. The van der Waals surface area contributed by atoms with Crippen LogP contribution in [0.25, 0.3) is 0 Å². The van der Waals surface area contributed by atoms with Gasteiger partial charge in [-0.1, -0.05) is 40.0 Å². The van der Waals surface area contributed by atoms with Crippen molar-refractivity contribution in [1.29, 1.82) is 0 Å². The second-order valence-corrected chi connectivity index (χ2v) is 4.45. The minimum Gasteiger partial charge on any atom is -0.480 e. The SMILES string of the molecule is CCCCC(NC(=O)[C@@H](N)C(C)CC)C(=O)O. The fourth-order valence-electron chi connectivity index (χ4n) is 1.45. The van der Waals surface area contributed by atoms with Gasteiger partial charge in [-0.2, -0.15) is 0 Å². The molecule has 100 valence electrons. The highest BCUT2D eigenvalue weighted by atomic mass is 16.4. The van der Waals surface area contributed by atoms with Gasteiger partial charge < -0.3 is 16.2 Å². The zero-order valence-electron chi connectivity index (χ0n) is 10.9. The van der Waals surface area contributed by atoms with E-state index >= 15 is 0 Å². The molecule has 0 rings (SSSR count). The highest BCUT2D eigenvalue weighted by molar-refractivity contribution is 5.86. The topological polar surface area (TPSA) is 92.4 Å². The molecule has 0 heterocycles. The highest BCUT2D eigenvalue weighted by Gasteiger charge is 2.25. The van der Waals surface area contributed by atoms with Gasteiger partial charge in [-0.15, -0.1) is 0 Å². The van der Waals surface area contributed by atoms with E-state index < -0.39 is 18.1 Å². The van der Waals surface area contributed by atoms with Crippen molar-refractivity contribution in [3.63, 3.8) is 0 Å². The molecule has 5 heteroatoms. The maximum atomic E-state index is 11.7. The Morgan fingerprint density at radius 1 is 1.35 bits per heavy atom. The first kappa shape index (κ1) is 15.9. The predicted molar refractivity (Wildman–Crippen MR) is 66.5 cm³/mol. The van der Waals surface area contributed by atoms with Crippen LogP contribution in [0.5, 0.6) is 0 Å². The molecule has 3 atom stereocenters. The van der Waals surface area contributed by atoms with E-state index in [1.54, 1.807) is 0 Å². The van der Waals surface area contributed by atoms with E-state index in [0.29, 0.717) is 6.42 Å². The number of amides is 1. The zero-order chi connectivity index (χ0) is 13.4. The van der Waals surface area contributed by atoms with E-state index in [4.69, 9.17) is 10.8 Å². The summed E-state index contributed by atoms with van der Waals surface area (Å²) in [5, 5.41) is 11.5. The number of carbonyl (C=O) groups excluding carboxylic acids is 1.